The van der Waals surface area contributed by atoms with E-state index in [2.05, 4.69) is 0 Å². The standard InChI is InChI=1S/C20H15N2O4.BrH.H2O/c23-19(17-7-4-8-18(13-17)22(25)26)14-21-11-9-16(10-12-21)20(24)15-5-2-1-3-6-15;;/h1-13H,14H2;1H;1H2/q+1;;/p-1. The van der Waals surface area contributed by atoms with Crippen molar-refractivity contribution in [2.24, 2.45) is 0 Å². The molecule has 1 heterocycles. The Morgan fingerprint density at radius 2 is 1.43 bits per heavy atom. The largest absolute Gasteiger partial charge is 1.00 e. The summed E-state index contributed by atoms with van der Waals surface area (Å²) in [5.74, 6) is -0.344. The monoisotopic (exact) mass is 444 g/mol. The number of hydrogen-bond donors (Lipinski definition) is 0. The van der Waals surface area contributed by atoms with E-state index in [1.54, 1.807) is 59.4 Å². The number of rotatable bonds is 6. The second-order valence-electron chi connectivity index (χ2n) is 5.68. The zero-order valence-electron chi connectivity index (χ0n) is 14.6. The van der Waals surface area contributed by atoms with Crippen molar-refractivity contribution in [1.29, 1.82) is 0 Å². The van der Waals surface area contributed by atoms with E-state index in [1.165, 1.54) is 18.2 Å². The first-order valence-corrected chi connectivity index (χ1v) is 7.91. The number of halogens is 1. The third-order valence-corrected chi connectivity index (χ3v) is 3.89. The summed E-state index contributed by atoms with van der Waals surface area (Å²) in [6.07, 6.45) is 3.29. The van der Waals surface area contributed by atoms with E-state index in [0.29, 0.717) is 11.1 Å². The molecule has 0 unspecified atom stereocenters. The van der Waals surface area contributed by atoms with Gasteiger partial charge in [-0.3, -0.25) is 19.7 Å². The third-order valence-electron chi connectivity index (χ3n) is 3.89. The maximum atomic E-state index is 12.4. The van der Waals surface area contributed by atoms with Crippen molar-refractivity contribution in [2.45, 2.75) is 6.54 Å². The van der Waals surface area contributed by atoms with Crippen molar-refractivity contribution in [3.63, 3.8) is 0 Å². The highest BCUT2D eigenvalue weighted by Crippen LogP contribution is 2.13. The van der Waals surface area contributed by atoms with E-state index < -0.39 is 4.92 Å². The van der Waals surface area contributed by atoms with Crippen molar-refractivity contribution in [1.82, 2.24) is 0 Å². The normalized spacial score (nSPS) is 9.57. The van der Waals surface area contributed by atoms with Gasteiger partial charge in [-0.25, -0.2) is 0 Å². The third kappa shape index (κ3) is 5.38. The number of pyridine rings is 1. The smallest absolute Gasteiger partial charge is 0.270 e. The molecule has 0 aliphatic heterocycles. The van der Waals surface area contributed by atoms with Gasteiger partial charge in [0.1, 0.15) is 0 Å². The molecule has 0 aliphatic carbocycles. The summed E-state index contributed by atoms with van der Waals surface area (Å²) in [6.45, 7) is 0.0287. The fraction of sp³-hybridized carbons (Fsp3) is 0.0500. The number of Topliss-reactive ketones (excluding diaryl/α,β-unsaturated/α-hetero) is 1. The van der Waals surface area contributed by atoms with Crippen LogP contribution in [0.5, 0.6) is 0 Å². The fourth-order valence-corrected chi connectivity index (χ4v) is 2.52. The molecule has 3 rings (SSSR count). The zero-order valence-corrected chi connectivity index (χ0v) is 16.2. The Hall–Kier alpha value is -3.23. The van der Waals surface area contributed by atoms with Gasteiger partial charge in [-0.2, -0.15) is 4.57 Å². The van der Waals surface area contributed by atoms with Crippen LogP contribution >= 0.6 is 0 Å². The Balaban J connectivity index is 0.00000196. The number of non-ortho nitro benzene ring substituents is 1. The molecule has 0 atom stereocenters. The topological polar surface area (TPSA) is 113 Å². The molecule has 0 fully saturated rings. The van der Waals surface area contributed by atoms with Crippen LogP contribution < -0.4 is 21.5 Å². The Kier molecular flexibility index (Phi) is 8.30. The summed E-state index contributed by atoms with van der Waals surface area (Å²) in [5, 5.41) is 10.8. The second kappa shape index (κ2) is 10.2. The van der Waals surface area contributed by atoms with Crippen LogP contribution in [0.15, 0.2) is 79.1 Å². The van der Waals surface area contributed by atoms with Gasteiger partial charge >= 0.3 is 0 Å². The second-order valence-corrected chi connectivity index (χ2v) is 5.68. The van der Waals surface area contributed by atoms with Gasteiger partial charge in [-0.1, -0.05) is 42.5 Å². The van der Waals surface area contributed by atoms with Gasteiger partial charge in [-0.15, -0.1) is 0 Å². The highest BCUT2D eigenvalue weighted by molar-refractivity contribution is 6.08. The zero-order chi connectivity index (χ0) is 18.5. The van der Waals surface area contributed by atoms with Gasteiger partial charge in [-0.05, 0) is 0 Å². The molecule has 144 valence electrons. The van der Waals surface area contributed by atoms with Gasteiger partial charge in [0.05, 0.1) is 4.92 Å². The first-order chi connectivity index (χ1) is 12.5. The highest BCUT2D eigenvalue weighted by Gasteiger charge is 2.16. The Labute approximate surface area is 171 Å². The number of nitro groups is 1. The molecule has 28 heavy (non-hydrogen) atoms. The van der Waals surface area contributed by atoms with E-state index in [4.69, 9.17) is 0 Å². The molecule has 2 N–H and O–H groups in total. The lowest BCUT2D eigenvalue weighted by Crippen LogP contribution is -3.00. The lowest BCUT2D eigenvalue weighted by Gasteiger charge is -2.01. The molecule has 0 bridgehead atoms. The average molecular weight is 445 g/mol. The summed E-state index contributed by atoms with van der Waals surface area (Å²) >= 11 is 0. The molecule has 0 saturated carbocycles. The minimum absolute atomic E-state index is 0. The van der Waals surface area contributed by atoms with E-state index in [1.807, 2.05) is 6.07 Å². The molecular formula is C20H17BrN2O5. The molecule has 3 aromatic rings. The van der Waals surface area contributed by atoms with Gasteiger partial charge in [0.15, 0.2) is 18.2 Å². The van der Waals surface area contributed by atoms with Crippen molar-refractivity contribution >= 4 is 17.3 Å². The van der Waals surface area contributed by atoms with Crippen LogP contribution in [0.1, 0.15) is 26.3 Å². The maximum Gasteiger partial charge on any atom is 0.270 e. The van der Waals surface area contributed by atoms with Crippen LogP contribution in [0, 0.1) is 10.1 Å². The van der Waals surface area contributed by atoms with Crippen LogP contribution in [0.3, 0.4) is 0 Å². The van der Waals surface area contributed by atoms with Crippen molar-refractivity contribution in [3.8, 4) is 0 Å². The Morgan fingerprint density at radius 3 is 2.04 bits per heavy atom. The number of carbonyl (C=O) groups excluding carboxylic acids is 2. The minimum Gasteiger partial charge on any atom is -1.00 e. The van der Waals surface area contributed by atoms with Crippen LogP contribution in [0.25, 0.3) is 0 Å². The quantitative estimate of drug-likeness (QED) is 0.214. The van der Waals surface area contributed by atoms with Crippen molar-refractivity contribution in [3.05, 3.63) is 106 Å². The summed E-state index contributed by atoms with van der Waals surface area (Å²) < 4.78 is 1.63. The summed E-state index contributed by atoms with van der Waals surface area (Å²) in [5.41, 5.74) is 1.27. The lowest BCUT2D eigenvalue weighted by molar-refractivity contribution is -0.683. The number of ketones is 2. The minimum atomic E-state index is -0.534. The predicted molar refractivity (Wildman–Crippen MR) is 97.6 cm³/mol. The molecule has 7 nitrogen and oxygen atoms in total. The van der Waals surface area contributed by atoms with E-state index in [9.17, 15) is 19.7 Å². The van der Waals surface area contributed by atoms with Gasteiger partial charge in [0, 0.05) is 41.0 Å². The van der Waals surface area contributed by atoms with Gasteiger partial charge in [0.25, 0.3) is 5.69 Å². The fourth-order valence-electron chi connectivity index (χ4n) is 2.52. The van der Waals surface area contributed by atoms with E-state index in [0.717, 1.165) is 0 Å². The van der Waals surface area contributed by atoms with Crippen LogP contribution in [0.2, 0.25) is 0 Å². The highest BCUT2D eigenvalue weighted by atomic mass is 79.9. The number of benzene rings is 2. The predicted octanol–water partition coefficient (Wildman–Crippen LogP) is -0.824. The number of aromatic nitrogens is 1. The average Bonchev–Trinajstić information content (AvgIpc) is 2.68. The number of carbonyl (C=O) groups is 2. The van der Waals surface area contributed by atoms with Crippen LogP contribution in [-0.4, -0.2) is 22.0 Å². The maximum absolute atomic E-state index is 12.4. The summed E-state index contributed by atoms with van der Waals surface area (Å²) in [6, 6.07) is 17.9. The van der Waals surface area contributed by atoms with Crippen LogP contribution in [-0.2, 0) is 6.54 Å². The SMILES string of the molecule is O.O=C(C[n+]1ccc(C(=O)c2ccccc2)cc1)c1cccc([N+](=O)[O-])c1.[Br-]. The lowest BCUT2D eigenvalue weighted by atomic mass is 10.0. The molecule has 0 radical (unpaired) electrons. The molecule has 0 aliphatic rings. The van der Waals surface area contributed by atoms with Crippen molar-refractivity contribution in [2.75, 3.05) is 0 Å². The molecule has 0 spiro atoms. The first kappa shape index (κ1) is 22.8. The molecule has 0 amide bonds. The summed E-state index contributed by atoms with van der Waals surface area (Å²) in [4.78, 5) is 35.0. The molecular weight excluding hydrogens is 428 g/mol. The summed E-state index contributed by atoms with van der Waals surface area (Å²) in [7, 11) is 0. The molecule has 8 heteroatoms. The van der Waals surface area contributed by atoms with E-state index >= 15 is 0 Å². The Bertz CT molecular complexity index is 975. The first-order valence-electron chi connectivity index (χ1n) is 7.91. The van der Waals surface area contributed by atoms with Gasteiger partial charge in [0.2, 0.25) is 12.3 Å². The number of hydrogen-bond acceptors (Lipinski definition) is 4. The molecule has 1 aromatic heterocycles. The van der Waals surface area contributed by atoms with Crippen molar-refractivity contribution < 1.29 is 41.5 Å². The van der Waals surface area contributed by atoms with Crippen LogP contribution in [0.4, 0.5) is 5.69 Å². The number of nitrogens with zero attached hydrogens (tertiary/aromatic N) is 2. The molecule has 0 saturated heterocycles. The molecule has 2 aromatic carbocycles. The Morgan fingerprint density at radius 1 is 0.857 bits per heavy atom. The van der Waals surface area contributed by atoms with Gasteiger partial charge < -0.3 is 22.5 Å². The number of nitro benzene ring substituents is 1. The van der Waals surface area contributed by atoms with E-state index in [-0.39, 0.29) is 51.8 Å².